The minimum Gasteiger partial charge on any atom is -0.392 e. The fourth-order valence-corrected chi connectivity index (χ4v) is 0.465. The SMILES string of the molecule is CC(C)(C)C(O)CC=N. The minimum absolute atomic E-state index is 0.0858. The molecule has 0 fully saturated rings. The Kier molecular flexibility index (Phi) is 2.85. The zero-order chi connectivity index (χ0) is 7.49. The van der Waals surface area contributed by atoms with E-state index >= 15 is 0 Å². The zero-order valence-corrected chi connectivity index (χ0v) is 6.31. The van der Waals surface area contributed by atoms with E-state index in [1.54, 1.807) is 0 Å². The summed E-state index contributed by atoms with van der Waals surface area (Å²) in [5.74, 6) is 0. The van der Waals surface area contributed by atoms with Crippen LogP contribution >= 0.6 is 0 Å². The highest BCUT2D eigenvalue weighted by Gasteiger charge is 2.20. The molecule has 0 aromatic carbocycles. The highest BCUT2D eigenvalue weighted by Crippen LogP contribution is 2.20. The van der Waals surface area contributed by atoms with Gasteiger partial charge in [0.25, 0.3) is 0 Å². The topological polar surface area (TPSA) is 44.1 Å². The van der Waals surface area contributed by atoms with Gasteiger partial charge in [-0.2, -0.15) is 0 Å². The molecule has 0 aromatic heterocycles. The first-order chi connectivity index (χ1) is 3.98. The molecule has 1 atom stereocenters. The molecule has 0 rings (SSSR count). The zero-order valence-electron chi connectivity index (χ0n) is 6.31. The molecule has 0 saturated heterocycles. The predicted molar refractivity (Wildman–Crippen MR) is 38.9 cm³/mol. The van der Waals surface area contributed by atoms with E-state index in [0.29, 0.717) is 6.42 Å². The maximum Gasteiger partial charge on any atom is 0.0637 e. The molecule has 0 heterocycles. The van der Waals surface area contributed by atoms with Crippen LogP contribution in [0.3, 0.4) is 0 Å². The van der Waals surface area contributed by atoms with E-state index in [1.807, 2.05) is 20.8 Å². The van der Waals surface area contributed by atoms with E-state index in [9.17, 15) is 5.11 Å². The molecule has 0 amide bonds. The van der Waals surface area contributed by atoms with Gasteiger partial charge in [-0.1, -0.05) is 20.8 Å². The first kappa shape index (κ1) is 8.63. The van der Waals surface area contributed by atoms with E-state index in [-0.39, 0.29) is 11.5 Å². The lowest BCUT2D eigenvalue weighted by Gasteiger charge is -2.23. The first-order valence-electron chi connectivity index (χ1n) is 3.15. The average molecular weight is 129 g/mol. The Balaban J connectivity index is 3.72. The number of aliphatic hydroxyl groups excluding tert-OH is 1. The molecule has 0 aliphatic heterocycles. The summed E-state index contributed by atoms with van der Waals surface area (Å²) in [6, 6.07) is 0. The molecule has 54 valence electrons. The van der Waals surface area contributed by atoms with E-state index in [1.165, 1.54) is 6.21 Å². The third kappa shape index (κ3) is 3.25. The fourth-order valence-electron chi connectivity index (χ4n) is 0.465. The molecule has 0 spiro atoms. The largest absolute Gasteiger partial charge is 0.392 e. The van der Waals surface area contributed by atoms with Crippen molar-refractivity contribution < 1.29 is 5.11 Å². The number of hydrogen-bond acceptors (Lipinski definition) is 2. The summed E-state index contributed by atoms with van der Waals surface area (Å²) in [5, 5.41) is 16.0. The smallest absolute Gasteiger partial charge is 0.0637 e. The molecule has 1 unspecified atom stereocenters. The quantitative estimate of drug-likeness (QED) is 0.544. The Bertz CT molecular complexity index is 93.6. The summed E-state index contributed by atoms with van der Waals surface area (Å²) < 4.78 is 0. The second kappa shape index (κ2) is 2.97. The van der Waals surface area contributed by atoms with Gasteiger partial charge in [0.2, 0.25) is 0 Å². The number of nitrogens with one attached hydrogen (secondary N) is 1. The standard InChI is InChI=1S/C7H15NO/c1-7(2,3)6(9)4-5-8/h5-6,8-9H,4H2,1-3H3. The van der Waals surface area contributed by atoms with Crippen LogP contribution in [0.15, 0.2) is 0 Å². The van der Waals surface area contributed by atoms with Crippen molar-refractivity contribution in [2.45, 2.75) is 33.3 Å². The summed E-state index contributed by atoms with van der Waals surface area (Å²) in [4.78, 5) is 0. The molecule has 9 heavy (non-hydrogen) atoms. The van der Waals surface area contributed by atoms with E-state index in [2.05, 4.69) is 0 Å². The number of hydrogen-bond donors (Lipinski definition) is 2. The van der Waals surface area contributed by atoms with Crippen molar-refractivity contribution in [2.75, 3.05) is 0 Å². The monoisotopic (exact) mass is 129 g/mol. The van der Waals surface area contributed by atoms with Crippen LogP contribution in [0.1, 0.15) is 27.2 Å². The fraction of sp³-hybridized carbons (Fsp3) is 0.857. The molecule has 2 nitrogen and oxygen atoms in total. The molecule has 0 radical (unpaired) electrons. The van der Waals surface area contributed by atoms with Crippen molar-refractivity contribution in [3.05, 3.63) is 0 Å². The third-order valence-corrected chi connectivity index (χ3v) is 1.34. The van der Waals surface area contributed by atoms with Gasteiger partial charge in [-0.15, -0.1) is 0 Å². The van der Waals surface area contributed by atoms with Crippen LogP contribution in [-0.2, 0) is 0 Å². The highest BCUT2D eigenvalue weighted by molar-refractivity contribution is 5.53. The Morgan fingerprint density at radius 3 is 2.11 bits per heavy atom. The Morgan fingerprint density at radius 1 is 1.56 bits per heavy atom. The summed E-state index contributed by atoms with van der Waals surface area (Å²) in [5.41, 5.74) is -0.0858. The van der Waals surface area contributed by atoms with Crippen LogP contribution in [0, 0.1) is 10.8 Å². The lowest BCUT2D eigenvalue weighted by atomic mass is 9.88. The van der Waals surface area contributed by atoms with Gasteiger partial charge in [0.1, 0.15) is 0 Å². The Morgan fingerprint density at radius 2 is 2.00 bits per heavy atom. The van der Waals surface area contributed by atoms with Gasteiger partial charge < -0.3 is 10.5 Å². The van der Waals surface area contributed by atoms with E-state index in [0.717, 1.165) is 0 Å². The van der Waals surface area contributed by atoms with Crippen LogP contribution in [0.2, 0.25) is 0 Å². The van der Waals surface area contributed by atoms with Gasteiger partial charge in [0.15, 0.2) is 0 Å². The average Bonchev–Trinajstić information content (AvgIpc) is 1.64. The molecular weight excluding hydrogens is 114 g/mol. The van der Waals surface area contributed by atoms with Crippen LogP contribution in [0.4, 0.5) is 0 Å². The van der Waals surface area contributed by atoms with Gasteiger partial charge in [-0.3, -0.25) is 0 Å². The molecule has 0 aromatic rings. The van der Waals surface area contributed by atoms with Gasteiger partial charge in [0.05, 0.1) is 6.10 Å². The summed E-state index contributed by atoms with van der Waals surface area (Å²) in [6.07, 6.45) is 1.33. The molecule has 2 N–H and O–H groups in total. The minimum atomic E-state index is -0.380. The van der Waals surface area contributed by atoms with Crippen molar-refractivity contribution >= 4 is 6.21 Å². The molecule has 0 bridgehead atoms. The van der Waals surface area contributed by atoms with Crippen LogP contribution in [0.25, 0.3) is 0 Å². The molecule has 0 aliphatic carbocycles. The first-order valence-corrected chi connectivity index (χ1v) is 3.15. The summed E-state index contributed by atoms with van der Waals surface area (Å²) >= 11 is 0. The van der Waals surface area contributed by atoms with Crippen molar-refractivity contribution in [1.82, 2.24) is 0 Å². The third-order valence-electron chi connectivity index (χ3n) is 1.34. The van der Waals surface area contributed by atoms with Crippen LogP contribution in [-0.4, -0.2) is 17.4 Å². The van der Waals surface area contributed by atoms with Gasteiger partial charge in [-0.25, -0.2) is 0 Å². The maximum atomic E-state index is 9.23. The predicted octanol–water partition coefficient (Wildman–Crippen LogP) is 1.43. The molecule has 0 saturated carbocycles. The van der Waals surface area contributed by atoms with Crippen molar-refractivity contribution in [2.24, 2.45) is 5.41 Å². The van der Waals surface area contributed by atoms with Gasteiger partial charge in [-0.05, 0) is 11.6 Å². The maximum absolute atomic E-state index is 9.23. The molecular formula is C7H15NO. The van der Waals surface area contributed by atoms with E-state index in [4.69, 9.17) is 5.41 Å². The Hall–Kier alpha value is -0.370. The van der Waals surface area contributed by atoms with E-state index < -0.39 is 0 Å². The molecule has 0 aliphatic rings. The highest BCUT2D eigenvalue weighted by atomic mass is 16.3. The normalized spacial score (nSPS) is 15.1. The van der Waals surface area contributed by atoms with Crippen LogP contribution < -0.4 is 0 Å². The lowest BCUT2D eigenvalue weighted by molar-refractivity contribution is 0.0705. The second-order valence-corrected chi connectivity index (χ2v) is 3.32. The van der Waals surface area contributed by atoms with Crippen molar-refractivity contribution in [3.63, 3.8) is 0 Å². The number of aliphatic hydroxyl groups is 1. The van der Waals surface area contributed by atoms with Crippen molar-refractivity contribution in [1.29, 1.82) is 5.41 Å². The van der Waals surface area contributed by atoms with Crippen LogP contribution in [0.5, 0.6) is 0 Å². The lowest BCUT2D eigenvalue weighted by Crippen LogP contribution is -2.25. The summed E-state index contributed by atoms with van der Waals surface area (Å²) in [7, 11) is 0. The summed E-state index contributed by atoms with van der Waals surface area (Å²) in [6.45, 7) is 5.88. The second-order valence-electron chi connectivity index (χ2n) is 3.32. The Labute approximate surface area is 56.4 Å². The number of rotatable bonds is 2. The van der Waals surface area contributed by atoms with Gasteiger partial charge >= 0.3 is 0 Å². The van der Waals surface area contributed by atoms with Crippen molar-refractivity contribution in [3.8, 4) is 0 Å². The molecule has 2 heteroatoms. The van der Waals surface area contributed by atoms with Gasteiger partial charge in [0, 0.05) is 6.42 Å².